The number of furan rings is 1. The SMILES string of the molecule is CNC(=O)c1c(-c2ccc(F)cc2)oc2cc(N(CCO)S(C)(=O)=O)c(-c3ccccc3)cc12. The number of aliphatic hydroxyl groups is 1. The molecule has 1 heterocycles. The van der Waals surface area contributed by atoms with Crippen LogP contribution in [0.3, 0.4) is 0 Å². The molecule has 4 rings (SSSR count). The number of amides is 1. The molecule has 0 spiro atoms. The minimum atomic E-state index is -3.75. The molecule has 0 bridgehead atoms. The molecule has 4 aromatic rings. The van der Waals surface area contributed by atoms with Crippen molar-refractivity contribution in [2.24, 2.45) is 0 Å². The van der Waals surface area contributed by atoms with Crippen molar-refractivity contribution in [3.05, 3.63) is 78.1 Å². The van der Waals surface area contributed by atoms with Crippen LogP contribution in [0.15, 0.2) is 71.1 Å². The van der Waals surface area contributed by atoms with Crippen molar-refractivity contribution in [3.63, 3.8) is 0 Å². The lowest BCUT2D eigenvalue weighted by Crippen LogP contribution is -2.33. The van der Waals surface area contributed by atoms with E-state index in [1.807, 2.05) is 30.3 Å². The van der Waals surface area contributed by atoms with Crippen LogP contribution in [0.5, 0.6) is 0 Å². The zero-order chi connectivity index (χ0) is 24.5. The van der Waals surface area contributed by atoms with Crippen molar-refractivity contribution in [3.8, 4) is 22.5 Å². The summed E-state index contributed by atoms with van der Waals surface area (Å²) in [6.07, 6.45) is 1.06. The third kappa shape index (κ3) is 4.40. The monoisotopic (exact) mass is 482 g/mol. The van der Waals surface area contributed by atoms with E-state index in [2.05, 4.69) is 5.32 Å². The maximum atomic E-state index is 13.5. The lowest BCUT2D eigenvalue weighted by Gasteiger charge is -2.24. The Morgan fingerprint density at radius 3 is 2.32 bits per heavy atom. The normalized spacial score (nSPS) is 11.5. The van der Waals surface area contributed by atoms with Gasteiger partial charge in [0.25, 0.3) is 5.91 Å². The van der Waals surface area contributed by atoms with Gasteiger partial charge in [-0.3, -0.25) is 9.10 Å². The average molecular weight is 483 g/mol. The zero-order valence-electron chi connectivity index (χ0n) is 18.6. The first-order valence-corrected chi connectivity index (χ1v) is 12.3. The van der Waals surface area contributed by atoms with E-state index < -0.39 is 21.7 Å². The number of aliphatic hydroxyl groups excluding tert-OH is 1. The molecule has 34 heavy (non-hydrogen) atoms. The Morgan fingerprint density at radius 1 is 1.06 bits per heavy atom. The highest BCUT2D eigenvalue weighted by Gasteiger charge is 2.27. The summed E-state index contributed by atoms with van der Waals surface area (Å²) in [5.41, 5.74) is 2.59. The molecule has 0 fully saturated rings. The molecular formula is C25H23FN2O5S. The summed E-state index contributed by atoms with van der Waals surface area (Å²) in [5.74, 6) is -0.596. The summed E-state index contributed by atoms with van der Waals surface area (Å²) in [6, 6.07) is 17.9. The van der Waals surface area contributed by atoms with Crippen LogP contribution >= 0.6 is 0 Å². The van der Waals surface area contributed by atoms with Gasteiger partial charge in [0.05, 0.1) is 30.7 Å². The highest BCUT2D eigenvalue weighted by molar-refractivity contribution is 7.92. The van der Waals surface area contributed by atoms with Crippen LogP contribution in [0, 0.1) is 5.82 Å². The molecule has 0 radical (unpaired) electrons. The third-order valence-electron chi connectivity index (χ3n) is 5.42. The Bertz CT molecular complexity index is 1450. The summed E-state index contributed by atoms with van der Waals surface area (Å²) >= 11 is 0. The fourth-order valence-corrected chi connectivity index (χ4v) is 4.82. The molecule has 176 valence electrons. The lowest BCUT2D eigenvalue weighted by atomic mass is 9.98. The van der Waals surface area contributed by atoms with E-state index in [4.69, 9.17) is 4.42 Å². The second kappa shape index (κ2) is 9.28. The Kier molecular flexibility index (Phi) is 6.41. The summed E-state index contributed by atoms with van der Waals surface area (Å²) in [6.45, 7) is -0.542. The van der Waals surface area contributed by atoms with Gasteiger partial charge in [0.2, 0.25) is 10.0 Å². The highest BCUT2D eigenvalue weighted by atomic mass is 32.2. The van der Waals surface area contributed by atoms with E-state index in [-0.39, 0.29) is 30.1 Å². The second-order valence-electron chi connectivity index (χ2n) is 7.68. The van der Waals surface area contributed by atoms with Gasteiger partial charge in [0.1, 0.15) is 17.2 Å². The number of halogens is 1. The Morgan fingerprint density at radius 2 is 1.74 bits per heavy atom. The highest BCUT2D eigenvalue weighted by Crippen LogP contribution is 2.41. The summed E-state index contributed by atoms with van der Waals surface area (Å²) < 4.78 is 45.9. The van der Waals surface area contributed by atoms with Crippen LogP contribution in [0.2, 0.25) is 0 Å². The first-order chi connectivity index (χ1) is 16.2. The van der Waals surface area contributed by atoms with Gasteiger partial charge in [0, 0.05) is 29.6 Å². The number of hydrogen-bond donors (Lipinski definition) is 2. The molecule has 0 saturated carbocycles. The second-order valence-corrected chi connectivity index (χ2v) is 9.59. The number of sulfonamides is 1. The molecule has 0 saturated heterocycles. The van der Waals surface area contributed by atoms with Crippen LogP contribution in [0.25, 0.3) is 33.4 Å². The van der Waals surface area contributed by atoms with Gasteiger partial charge >= 0.3 is 0 Å². The van der Waals surface area contributed by atoms with Crippen molar-refractivity contribution in [2.45, 2.75) is 0 Å². The number of benzene rings is 3. The molecule has 9 heteroatoms. The standard InChI is InChI=1S/C25H23FN2O5S/c1-27-25(30)23-20-14-19(16-6-4-3-5-7-16)21(28(12-13-29)34(2,31)32)15-22(20)33-24(23)17-8-10-18(26)11-9-17/h3-11,14-15,29H,12-13H2,1-2H3,(H,27,30). The van der Waals surface area contributed by atoms with Gasteiger partial charge < -0.3 is 14.8 Å². The van der Waals surface area contributed by atoms with Gasteiger partial charge in [-0.2, -0.15) is 0 Å². The predicted molar refractivity (Wildman–Crippen MR) is 130 cm³/mol. The van der Waals surface area contributed by atoms with E-state index in [9.17, 15) is 22.7 Å². The van der Waals surface area contributed by atoms with Crippen molar-refractivity contribution < 1.29 is 27.1 Å². The van der Waals surface area contributed by atoms with Crippen LogP contribution < -0.4 is 9.62 Å². The number of carbonyl (C=O) groups is 1. The molecule has 0 aliphatic carbocycles. The molecule has 0 aliphatic rings. The van der Waals surface area contributed by atoms with E-state index in [0.29, 0.717) is 22.2 Å². The molecule has 3 aromatic carbocycles. The predicted octanol–water partition coefficient (Wildman–Crippen LogP) is 4.02. The minimum absolute atomic E-state index is 0.155. The number of nitrogens with one attached hydrogen (secondary N) is 1. The molecular weight excluding hydrogens is 459 g/mol. The molecule has 2 N–H and O–H groups in total. The maximum absolute atomic E-state index is 13.5. The Labute approximate surface area is 196 Å². The van der Waals surface area contributed by atoms with E-state index in [1.165, 1.54) is 31.3 Å². The maximum Gasteiger partial charge on any atom is 0.255 e. The smallest absolute Gasteiger partial charge is 0.255 e. The molecule has 0 atom stereocenters. The molecule has 7 nitrogen and oxygen atoms in total. The third-order valence-corrected chi connectivity index (χ3v) is 6.60. The van der Waals surface area contributed by atoms with Gasteiger partial charge in [-0.25, -0.2) is 12.8 Å². The number of rotatable bonds is 7. The van der Waals surface area contributed by atoms with Crippen LogP contribution in [-0.4, -0.2) is 45.9 Å². The van der Waals surface area contributed by atoms with Crippen molar-refractivity contribution >= 4 is 32.6 Å². The summed E-state index contributed by atoms with van der Waals surface area (Å²) in [4.78, 5) is 12.9. The molecule has 0 aliphatic heterocycles. The van der Waals surface area contributed by atoms with Gasteiger partial charge in [-0.15, -0.1) is 0 Å². The van der Waals surface area contributed by atoms with Crippen LogP contribution in [-0.2, 0) is 10.0 Å². The molecule has 0 unspecified atom stereocenters. The molecule has 1 aromatic heterocycles. The number of carbonyl (C=O) groups excluding carboxylic acids is 1. The fourth-order valence-electron chi connectivity index (χ4n) is 3.90. The van der Waals surface area contributed by atoms with Gasteiger partial charge in [-0.05, 0) is 35.9 Å². The lowest BCUT2D eigenvalue weighted by molar-refractivity contribution is 0.0964. The number of hydrogen-bond acceptors (Lipinski definition) is 5. The number of anilines is 1. The minimum Gasteiger partial charge on any atom is -0.455 e. The first kappa shape index (κ1) is 23.5. The quantitative estimate of drug-likeness (QED) is 0.414. The number of fused-ring (bicyclic) bond motifs is 1. The fraction of sp³-hybridized carbons (Fsp3) is 0.160. The molecule has 1 amide bonds. The number of nitrogens with zero attached hydrogens (tertiary/aromatic N) is 1. The van der Waals surface area contributed by atoms with E-state index >= 15 is 0 Å². The van der Waals surface area contributed by atoms with E-state index in [1.54, 1.807) is 12.1 Å². The van der Waals surface area contributed by atoms with Crippen LogP contribution in [0.1, 0.15) is 10.4 Å². The largest absolute Gasteiger partial charge is 0.455 e. The van der Waals surface area contributed by atoms with Crippen molar-refractivity contribution in [2.75, 3.05) is 30.8 Å². The summed E-state index contributed by atoms with van der Waals surface area (Å²) in [7, 11) is -2.26. The van der Waals surface area contributed by atoms with Gasteiger partial charge in [-0.1, -0.05) is 30.3 Å². The zero-order valence-corrected chi connectivity index (χ0v) is 19.4. The Hall–Kier alpha value is -3.69. The summed E-state index contributed by atoms with van der Waals surface area (Å²) in [5, 5.41) is 12.6. The van der Waals surface area contributed by atoms with Crippen molar-refractivity contribution in [1.82, 2.24) is 5.32 Å². The topological polar surface area (TPSA) is 99.8 Å². The Balaban J connectivity index is 2.08. The first-order valence-electron chi connectivity index (χ1n) is 10.5. The average Bonchev–Trinajstić information content (AvgIpc) is 3.20. The van der Waals surface area contributed by atoms with Crippen molar-refractivity contribution in [1.29, 1.82) is 0 Å². The van der Waals surface area contributed by atoms with Crippen LogP contribution in [0.4, 0.5) is 10.1 Å². The van der Waals surface area contributed by atoms with E-state index in [0.717, 1.165) is 16.1 Å². The van der Waals surface area contributed by atoms with Gasteiger partial charge in [0.15, 0.2) is 0 Å².